The molecule has 0 spiro atoms. The Labute approximate surface area is 161 Å². The van der Waals surface area contributed by atoms with Crippen LogP contribution in [0.2, 0.25) is 0 Å². The van der Waals surface area contributed by atoms with E-state index < -0.39 is 9.52 Å². The molecule has 4 nitrogen and oxygen atoms in total. The standard InChI is InChI=1S/C10H18O2S.C10H18O2.CH4/c1-10(2,3)9(11)8-5-6-13(4,12)7-8;1-10(2,3)9(11)8-4-6-12-7-5-8;/h8H,4-7H2,1-3H3;8H,4-7H2,1-3H3;1H4. The van der Waals surface area contributed by atoms with Gasteiger partial charge in [0.05, 0.1) is 0 Å². The fraction of sp³-hybridized carbons (Fsp3) is 0.857. The Morgan fingerprint density at radius 1 is 0.885 bits per heavy atom. The molecule has 0 saturated carbocycles. The lowest BCUT2D eigenvalue weighted by Gasteiger charge is -2.27. The molecule has 5 heteroatoms. The molecule has 2 saturated heterocycles. The zero-order chi connectivity index (χ0) is 19.5. The van der Waals surface area contributed by atoms with Gasteiger partial charge in [-0.15, -0.1) is 0 Å². The number of rotatable bonds is 2. The second kappa shape index (κ2) is 9.50. The van der Waals surface area contributed by atoms with E-state index in [2.05, 4.69) is 5.87 Å². The van der Waals surface area contributed by atoms with Crippen LogP contribution in [0.4, 0.5) is 0 Å². The number of hydrogen-bond acceptors (Lipinski definition) is 4. The summed E-state index contributed by atoms with van der Waals surface area (Å²) in [5, 5.41) is 0. The van der Waals surface area contributed by atoms with Crippen molar-refractivity contribution in [1.29, 1.82) is 0 Å². The van der Waals surface area contributed by atoms with Crippen molar-refractivity contribution in [3.8, 4) is 0 Å². The zero-order valence-corrected chi connectivity index (χ0v) is 17.7. The molecule has 2 unspecified atom stereocenters. The highest BCUT2D eigenvalue weighted by Gasteiger charge is 2.35. The van der Waals surface area contributed by atoms with Gasteiger partial charge in [-0.1, -0.05) is 49.0 Å². The first kappa shape index (κ1) is 25.3. The smallest absolute Gasteiger partial charge is 0.142 e. The van der Waals surface area contributed by atoms with Gasteiger partial charge in [-0.2, -0.15) is 0 Å². The van der Waals surface area contributed by atoms with Gasteiger partial charge >= 0.3 is 0 Å². The molecule has 154 valence electrons. The third kappa shape index (κ3) is 7.91. The molecule has 0 N–H and O–H groups in total. The summed E-state index contributed by atoms with van der Waals surface area (Å²) in [7, 11) is -1.92. The van der Waals surface area contributed by atoms with Crippen molar-refractivity contribution in [2.24, 2.45) is 22.7 Å². The average molecular weight is 389 g/mol. The van der Waals surface area contributed by atoms with E-state index in [4.69, 9.17) is 4.74 Å². The molecular formula is C21H40O4S. The molecule has 26 heavy (non-hydrogen) atoms. The molecule has 0 amide bonds. The molecule has 0 aromatic rings. The number of ether oxygens (including phenoxy) is 1. The van der Waals surface area contributed by atoms with Crippen molar-refractivity contribution in [2.45, 2.75) is 68.2 Å². The second-order valence-corrected chi connectivity index (χ2v) is 12.1. The van der Waals surface area contributed by atoms with Gasteiger partial charge in [0.1, 0.15) is 11.6 Å². The SMILES string of the molecule is C.C=S1(=O)CCC(C(=O)C(C)(C)C)C1.CC(C)(C)C(=O)C1CCOCC1. The molecule has 0 aromatic heterocycles. The van der Waals surface area contributed by atoms with Gasteiger partial charge in [-0.3, -0.25) is 13.8 Å². The minimum atomic E-state index is -1.92. The van der Waals surface area contributed by atoms with E-state index in [1.807, 2.05) is 41.5 Å². The Morgan fingerprint density at radius 3 is 1.65 bits per heavy atom. The maximum atomic E-state index is 11.8. The van der Waals surface area contributed by atoms with Crippen LogP contribution in [-0.4, -0.2) is 46.4 Å². The Bertz CT molecular complexity index is 570. The predicted molar refractivity (Wildman–Crippen MR) is 112 cm³/mol. The maximum absolute atomic E-state index is 11.8. The maximum Gasteiger partial charge on any atom is 0.142 e. The van der Waals surface area contributed by atoms with Gasteiger partial charge in [0, 0.05) is 47.4 Å². The van der Waals surface area contributed by atoms with E-state index in [0.29, 0.717) is 17.3 Å². The summed E-state index contributed by atoms with van der Waals surface area (Å²) in [4.78, 5) is 23.6. The van der Waals surface area contributed by atoms with Crippen LogP contribution in [0.15, 0.2) is 0 Å². The van der Waals surface area contributed by atoms with Crippen LogP contribution in [0.25, 0.3) is 0 Å². The summed E-state index contributed by atoms with van der Waals surface area (Å²) >= 11 is 0. The van der Waals surface area contributed by atoms with Crippen molar-refractivity contribution < 1.29 is 18.5 Å². The summed E-state index contributed by atoms with van der Waals surface area (Å²) < 4.78 is 16.8. The third-order valence-corrected chi connectivity index (χ3v) is 6.77. The van der Waals surface area contributed by atoms with Crippen LogP contribution in [-0.2, 0) is 23.8 Å². The van der Waals surface area contributed by atoms with Crippen molar-refractivity contribution in [3.63, 3.8) is 0 Å². The number of Topliss-reactive ketones (excluding diaryl/α,β-unsaturated/α-hetero) is 2. The first-order valence-corrected chi connectivity index (χ1v) is 11.3. The average Bonchev–Trinajstić information content (AvgIpc) is 2.85. The number of ketones is 2. The van der Waals surface area contributed by atoms with E-state index in [0.717, 1.165) is 32.5 Å². The van der Waals surface area contributed by atoms with E-state index in [-0.39, 0.29) is 35.9 Å². The Morgan fingerprint density at radius 2 is 1.31 bits per heavy atom. The molecule has 2 rings (SSSR count). The molecule has 2 aliphatic rings. The van der Waals surface area contributed by atoms with E-state index in [1.54, 1.807) is 0 Å². The van der Waals surface area contributed by atoms with E-state index in [9.17, 15) is 13.8 Å². The van der Waals surface area contributed by atoms with Gasteiger partial charge in [0.2, 0.25) is 0 Å². The minimum absolute atomic E-state index is 0. The van der Waals surface area contributed by atoms with Crippen molar-refractivity contribution >= 4 is 27.0 Å². The highest BCUT2D eigenvalue weighted by Crippen LogP contribution is 2.28. The zero-order valence-electron chi connectivity index (χ0n) is 16.9. The monoisotopic (exact) mass is 388 g/mol. The number of carbonyl (C=O) groups excluding carboxylic acids is 2. The Hall–Kier alpha value is -0.680. The Balaban J connectivity index is 0.000000464. The molecule has 2 aliphatic heterocycles. The fourth-order valence-corrected chi connectivity index (χ4v) is 5.21. The van der Waals surface area contributed by atoms with Crippen LogP contribution >= 0.6 is 0 Å². The molecule has 2 heterocycles. The van der Waals surface area contributed by atoms with Gasteiger partial charge < -0.3 is 4.74 Å². The second-order valence-electron chi connectivity index (χ2n) is 9.44. The van der Waals surface area contributed by atoms with Crippen LogP contribution in [0.1, 0.15) is 68.2 Å². The summed E-state index contributed by atoms with van der Waals surface area (Å²) in [5.74, 6) is 5.66. The highest BCUT2D eigenvalue weighted by atomic mass is 32.2. The van der Waals surface area contributed by atoms with Crippen LogP contribution in [0.3, 0.4) is 0 Å². The fourth-order valence-electron chi connectivity index (χ4n) is 3.28. The normalized spacial score (nSPS) is 27.1. The molecule has 2 atom stereocenters. The van der Waals surface area contributed by atoms with Crippen LogP contribution < -0.4 is 0 Å². The molecule has 0 bridgehead atoms. The van der Waals surface area contributed by atoms with Crippen LogP contribution in [0.5, 0.6) is 0 Å². The predicted octanol–water partition coefficient (Wildman–Crippen LogP) is 4.00. The largest absolute Gasteiger partial charge is 0.381 e. The first-order chi connectivity index (χ1) is 11.2. The Kier molecular flexibility index (Phi) is 9.25. The van der Waals surface area contributed by atoms with Crippen molar-refractivity contribution in [3.05, 3.63) is 0 Å². The molecule has 2 fully saturated rings. The highest BCUT2D eigenvalue weighted by molar-refractivity contribution is 8.00. The molecule has 0 radical (unpaired) electrons. The quantitative estimate of drug-likeness (QED) is 0.671. The van der Waals surface area contributed by atoms with E-state index >= 15 is 0 Å². The minimum Gasteiger partial charge on any atom is -0.381 e. The number of carbonyl (C=O) groups is 2. The van der Waals surface area contributed by atoms with Crippen molar-refractivity contribution in [2.75, 3.05) is 24.7 Å². The summed E-state index contributed by atoms with van der Waals surface area (Å²) in [5.41, 5.74) is -0.480. The first-order valence-electron chi connectivity index (χ1n) is 9.23. The summed E-state index contributed by atoms with van der Waals surface area (Å²) in [6.07, 6.45) is 2.59. The summed E-state index contributed by atoms with van der Waals surface area (Å²) in [6, 6.07) is 0. The van der Waals surface area contributed by atoms with Gasteiger partial charge in [0.25, 0.3) is 0 Å². The van der Waals surface area contributed by atoms with Crippen molar-refractivity contribution in [1.82, 2.24) is 0 Å². The van der Waals surface area contributed by atoms with Gasteiger partial charge in [-0.05, 0) is 34.7 Å². The van der Waals surface area contributed by atoms with Crippen LogP contribution in [0, 0.1) is 22.7 Å². The lowest BCUT2D eigenvalue weighted by Crippen LogP contribution is -2.32. The van der Waals surface area contributed by atoms with E-state index in [1.165, 1.54) is 0 Å². The van der Waals surface area contributed by atoms with Gasteiger partial charge in [0.15, 0.2) is 0 Å². The topological polar surface area (TPSA) is 60.4 Å². The lowest BCUT2D eigenvalue weighted by atomic mass is 9.80. The lowest BCUT2D eigenvalue weighted by molar-refractivity contribution is -0.133. The molecular weight excluding hydrogens is 348 g/mol. The number of hydrogen-bond donors (Lipinski definition) is 0. The third-order valence-electron chi connectivity index (χ3n) is 4.78. The van der Waals surface area contributed by atoms with Gasteiger partial charge in [-0.25, -0.2) is 0 Å². The molecule has 0 aromatic carbocycles. The summed E-state index contributed by atoms with van der Waals surface area (Å²) in [6.45, 7) is 13.2. The molecule has 0 aliphatic carbocycles.